The number of phosphoric acid groups is 2. The largest absolute Gasteiger partial charge is 0.472 e. The van der Waals surface area contributed by atoms with Crippen molar-refractivity contribution in [3.05, 3.63) is 97.2 Å². The van der Waals surface area contributed by atoms with Gasteiger partial charge >= 0.3 is 39.5 Å². The third-order valence-corrected chi connectivity index (χ3v) is 18.4. The van der Waals surface area contributed by atoms with Crippen molar-refractivity contribution >= 4 is 39.5 Å². The molecule has 0 aliphatic carbocycles. The molecule has 0 aliphatic heterocycles. The van der Waals surface area contributed by atoms with Gasteiger partial charge in [-0.25, -0.2) is 9.13 Å². The molecule has 578 valence electrons. The van der Waals surface area contributed by atoms with Gasteiger partial charge in [-0.05, 0) is 141 Å². The number of allylic oxidation sites excluding steroid dienone is 16. The van der Waals surface area contributed by atoms with Crippen LogP contribution in [0.4, 0.5) is 0 Å². The van der Waals surface area contributed by atoms with Crippen molar-refractivity contribution in [2.24, 2.45) is 0 Å². The van der Waals surface area contributed by atoms with E-state index in [1.54, 1.807) is 0 Å². The molecule has 5 unspecified atom stereocenters. The molecule has 17 nitrogen and oxygen atoms in total. The highest BCUT2D eigenvalue weighted by Gasteiger charge is 2.30. The first-order valence-corrected chi connectivity index (χ1v) is 42.5. The molecule has 0 aliphatic rings. The molecule has 3 N–H and O–H groups in total. The van der Waals surface area contributed by atoms with Gasteiger partial charge < -0.3 is 33.8 Å². The highest BCUT2D eigenvalue weighted by molar-refractivity contribution is 7.47. The number of aliphatic hydroxyl groups is 1. The Morgan fingerprint density at radius 1 is 0.290 bits per heavy atom. The molecule has 0 saturated carbocycles. The van der Waals surface area contributed by atoms with Crippen LogP contribution >= 0.6 is 15.6 Å². The first-order valence-electron chi connectivity index (χ1n) is 39.5. The summed E-state index contributed by atoms with van der Waals surface area (Å²) in [5.41, 5.74) is 0. The van der Waals surface area contributed by atoms with Crippen molar-refractivity contribution in [1.29, 1.82) is 0 Å². The molecule has 0 aromatic rings. The van der Waals surface area contributed by atoms with Crippen LogP contribution in [0.2, 0.25) is 0 Å². The Hall–Kier alpha value is -4.02. The summed E-state index contributed by atoms with van der Waals surface area (Å²) < 4.78 is 68.5. The lowest BCUT2D eigenvalue weighted by molar-refractivity contribution is -0.161. The molecule has 0 amide bonds. The van der Waals surface area contributed by atoms with E-state index in [1.165, 1.54) is 64.2 Å². The Bertz CT molecular complexity index is 2270. The fourth-order valence-corrected chi connectivity index (χ4v) is 12.1. The smallest absolute Gasteiger partial charge is 0.462 e. The molecular weight excluding hydrogens is 1310 g/mol. The second-order valence-corrected chi connectivity index (χ2v) is 29.2. The summed E-state index contributed by atoms with van der Waals surface area (Å²) in [5.74, 6) is -2.21. The van der Waals surface area contributed by atoms with Crippen LogP contribution in [-0.2, 0) is 65.4 Å². The summed E-state index contributed by atoms with van der Waals surface area (Å²) in [5, 5.41) is 10.6. The average molecular weight is 1450 g/mol. The second kappa shape index (κ2) is 73.3. The SMILES string of the molecule is CC/C=C\C/C=C\C/C=C\C/C=C\CCCCCCCCC(=O)OCC(COP(=O)(O)OCC(O)COP(=O)(O)OCC(COC(=O)CCCCCCC/C=C\C/C=C\CCC)OC(=O)CCCCCCC/C=C\CCCCCC)OC(=O)CCCCCCC/C=C\CCCCCCCC. The maximum atomic E-state index is 13.1. The zero-order valence-corrected chi connectivity index (χ0v) is 64.9. The first-order chi connectivity index (χ1) is 48.7. The van der Waals surface area contributed by atoms with Gasteiger partial charge in [0, 0.05) is 25.7 Å². The van der Waals surface area contributed by atoms with Crippen molar-refractivity contribution in [2.75, 3.05) is 39.6 Å². The molecule has 5 atom stereocenters. The van der Waals surface area contributed by atoms with Crippen molar-refractivity contribution in [2.45, 2.75) is 354 Å². The molecule has 0 heterocycles. The van der Waals surface area contributed by atoms with E-state index in [2.05, 4.69) is 125 Å². The van der Waals surface area contributed by atoms with E-state index in [0.29, 0.717) is 25.7 Å². The van der Waals surface area contributed by atoms with Crippen LogP contribution in [0, 0.1) is 0 Å². The maximum Gasteiger partial charge on any atom is 0.472 e. The molecule has 100 heavy (non-hydrogen) atoms. The summed E-state index contributed by atoms with van der Waals surface area (Å²) in [6.07, 6.45) is 76.7. The molecule has 0 aromatic carbocycles. The van der Waals surface area contributed by atoms with Crippen LogP contribution in [0.3, 0.4) is 0 Å². The van der Waals surface area contributed by atoms with E-state index in [1.807, 2.05) is 0 Å². The van der Waals surface area contributed by atoms with Gasteiger partial charge in [-0.1, -0.05) is 266 Å². The van der Waals surface area contributed by atoms with Gasteiger partial charge in [0.1, 0.15) is 19.3 Å². The Kier molecular flexibility index (Phi) is 70.4. The van der Waals surface area contributed by atoms with Crippen LogP contribution in [0.15, 0.2) is 97.2 Å². The number of unbranched alkanes of at least 4 members (excludes halogenated alkanes) is 32. The topological polar surface area (TPSA) is 237 Å². The summed E-state index contributed by atoms with van der Waals surface area (Å²) >= 11 is 0. The van der Waals surface area contributed by atoms with E-state index in [-0.39, 0.29) is 25.7 Å². The predicted octanol–water partition coefficient (Wildman–Crippen LogP) is 22.8. The fraction of sp³-hybridized carbons (Fsp3) is 0.753. The second-order valence-electron chi connectivity index (χ2n) is 26.3. The van der Waals surface area contributed by atoms with Crippen LogP contribution in [0.5, 0.6) is 0 Å². The Morgan fingerprint density at radius 2 is 0.540 bits per heavy atom. The zero-order chi connectivity index (χ0) is 73.2. The molecule has 0 saturated heterocycles. The van der Waals surface area contributed by atoms with Gasteiger partial charge in [-0.15, -0.1) is 0 Å². The van der Waals surface area contributed by atoms with E-state index in [0.717, 1.165) is 193 Å². The Balaban J connectivity index is 5.35. The lowest BCUT2D eigenvalue weighted by Gasteiger charge is -2.21. The van der Waals surface area contributed by atoms with Gasteiger partial charge in [-0.2, -0.15) is 0 Å². The van der Waals surface area contributed by atoms with Crippen molar-refractivity contribution in [1.82, 2.24) is 0 Å². The van der Waals surface area contributed by atoms with Gasteiger partial charge in [0.25, 0.3) is 0 Å². The van der Waals surface area contributed by atoms with E-state index in [9.17, 15) is 43.2 Å². The molecule has 0 rings (SSSR count). The van der Waals surface area contributed by atoms with Gasteiger partial charge in [0.05, 0.1) is 26.4 Å². The van der Waals surface area contributed by atoms with Crippen LogP contribution in [0.1, 0.15) is 336 Å². The number of carbonyl (C=O) groups is 4. The minimum Gasteiger partial charge on any atom is -0.462 e. The summed E-state index contributed by atoms with van der Waals surface area (Å²) in [6.45, 7) is 4.66. The highest BCUT2D eigenvalue weighted by atomic mass is 31.2. The standard InChI is InChI=1S/C81H142O17P2/c1-5-9-13-17-21-25-29-33-35-36-37-38-40-43-46-50-54-58-62-66-79(84)92-72-77(98-81(86)68-64-60-56-52-48-44-39-34-30-26-22-18-14-10-6-2)74-96-100(89,90)94-70-75(82)69-93-99(87,88)95-73-76(97-80(85)67-63-59-55-51-47-42-32-28-24-20-16-12-8-4)71-91-78(83)65-61-57-53-49-45-41-31-27-23-19-15-11-7-3/h9,13,15,19,21,25,27-28,31-35,37-39,75-77,82H,5-8,10-12,14,16-18,20,22-24,26,29-30,36,40-74H2,1-4H3,(H,87,88)(H,89,90)/b13-9-,19-15-,25-21-,31-27-,32-28-,35-33-,38-37-,39-34-. The number of phosphoric ester groups is 2. The number of ether oxygens (including phenoxy) is 4. The van der Waals surface area contributed by atoms with Crippen LogP contribution in [0.25, 0.3) is 0 Å². The third-order valence-electron chi connectivity index (χ3n) is 16.5. The van der Waals surface area contributed by atoms with E-state index < -0.39 is 97.5 Å². The summed E-state index contributed by atoms with van der Waals surface area (Å²) in [6, 6.07) is 0. The maximum absolute atomic E-state index is 13.1. The predicted molar refractivity (Wildman–Crippen MR) is 409 cm³/mol. The summed E-state index contributed by atoms with van der Waals surface area (Å²) in [4.78, 5) is 72.9. The normalized spacial score (nSPS) is 14.4. The Labute approximate surface area is 607 Å². The molecule has 0 aromatic heterocycles. The average Bonchev–Trinajstić information content (AvgIpc) is 0.946. The molecule has 0 radical (unpaired) electrons. The number of hydrogen-bond donors (Lipinski definition) is 3. The number of hydrogen-bond acceptors (Lipinski definition) is 15. The number of aliphatic hydroxyl groups excluding tert-OH is 1. The molecule has 0 bridgehead atoms. The molecule has 0 fully saturated rings. The molecule has 19 heteroatoms. The quantitative estimate of drug-likeness (QED) is 0.0169. The first kappa shape index (κ1) is 96.0. The minimum atomic E-state index is -4.98. The van der Waals surface area contributed by atoms with E-state index >= 15 is 0 Å². The lowest BCUT2D eigenvalue weighted by Crippen LogP contribution is -2.30. The van der Waals surface area contributed by atoms with Gasteiger partial charge in [-0.3, -0.25) is 37.3 Å². The Morgan fingerprint density at radius 3 is 0.860 bits per heavy atom. The van der Waals surface area contributed by atoms with E-state index in [4.69, 9.17) is 37.0 Å². The van der Waals surface area contributed by atoms with Crippen LogP contribution < -0.4 is 0 Å². The van der Waals surface area contributed by atoms with Gasteiger partial charge in [0.15, 0.2) is 12.2 Å². The zero-order valence-electron chi connectivity index (χ0n) is 63.1. The van der Waals surface area contributed by atoms with Crippen molar-refractivity contribution < 1.29 is 80.2 Å². The van der Waals surface area contributed by atoms with Crippen LogP contribution in [-0.4, -0.2) is 96.7 Å². The minimum absolute atomic E-state index is 0.0818. The number of carbonyl (C=O) groups excluding carboxylic acids is 4. The number of rotatable bonds is 74. The third kappa shape index (κ3) is 72.3. The lowest BCUT2D eigenvalue weighted by atomic mass is 10.1. The fourth-order valence-electron chi connectivity index (χ4n) is 10.5. The van der Waals surface area contributed by atoms with Crippen molar-refractivity contribution in [3.63, 3.8) is 0 Å². The molecular formula is C81H142O17P2. The summed E-state index contributed by atoms with van der Waals surface area (Å²) in [7, 11) is -9.96. The van der Waals surface area contributed by atoms with Gasteiger partial charge in [0.2, 0.25) is 0 Å². The van der Waals surface area contributed by atoms with Crippen molar-refractivity contribution in [3.8, 4) is 0 Å². The monoisotopic (exact) mass is 1450 g/mol. The molecule has 0 spiro atoms. The highest BCUT2D eigenvalue weighted by Crippen LogP contribution is 2.45. The number of esters is 4.